The lowest BCUT2D eigenvalue weighted by molar-refractivity contribution is -0.136. The Morgan fingerprint density at radius 1 is 1.28 bits per heavy atom. The van der Waals surface area contributed by atoms with E-state index in [9.17, 15) is 9.18 Å². The van der Waals surface area contributed by atoms with E-state index < -0.39 is 5.97 Å². The summed E-state index contributed by atoms with van der Waals surface area (Å²) in [4.78, 5) is 16.4. The predicted molar refractivity (Wildman–Crippen MR) is 96.1 cm³/mol. The zero-order valence-corrected chi connectivity index (χ0v) is 14.6. The van der Waals surface area contributed by atoms with E-state index in [2.05, 4.69) is 4.98 Å². The van der Waals surface area contributed by atoms with Crippen molar-refractivity contribution in [2.75, 3.05) is 6.26 Å². The van der Waals surface area contributed by atoms with Crippen LogP contribution in [0.25, 0.3) is 10.8 Å². The van der Waals surface area contributed by atoms with Crippen molar-refractivity contribution in [1.82, 2.24) is 4.98 Å². The number of carbonyl (C=O) groups is 1. The molecule has 3 aromatic rings. The molecule has 128 valence electrons. The van der Waals surface area contributed by atoms with Gasteiger partial charge in [-0.25, -0.2) is 9.37 Å². The Balaban J connectivity index is 2.09. The highest BCUT2D eigenvalue weighted by Gasteiger charge is 2.12. The third-order valence-corrected chi connectivity index (χ3v) is 4.44. The molecule has 0 aliphatic carbocycles. The quantitative estimate of drug-likeness (QED) is 0.663. The molecule has 3 rings (SSSR count). The molecule has 0 amide bonds. The van der Waals surface area contributed by atoms with E-state index >= 15 is 0 Å². The fraction of sp³-hybridized carbons (Fsp3) is 0.158. The van der Waals surface area contributed by atoms with Crippen LogP contribution >= 0.6 is 11.8 Å². The Hall–Kier alpha value is -2.60. The molecule has 0 aliphatic heterocycles. The molecular formula is C19H16FNO3S. The van der Waals surface area contributed by atoms with Gasteiger partial charge in [0.05, 0.1) is 6.42 Å². The van der Waals surface area contributed by atoms with Gasteiger partial charge in [-0.2, -0.15) is 0 Å². The molecule has 0 atom stereocenters. The van der Waals surface area contributed by atoms with Crippen molar-refractivity contribution in [2.24, 2.45) is 0 Å². The summed E-state index contributed by atoms with van der Waals surface area (Å²) >= 11 is 1.58. The lowest BCUT2D eigenvalue weighted by atomic mass is 10.0. The second-order valence-electron chi connectivity index (χ2n) is 5.63. The van der Waals surface area contributed by atoms with Gasteiger partial charge in [0.25, 0.3) is 0 Å². The van der Waals surface area contributed by atoms with Gasteiger partial charge in [0.15, 0.2) is 0 Å². The number of benzene rings is 2. The molecule has 0 aliphatic rings. The van der Waals surface area contributed by atoms with Gasteiger partial charge in [-0.3, -0.25) is 4.79 Å². The Morgan fingerprint density at radius 3 is 2.76 bits per heavy atom. The van der Waals surface area contributed by atoms with Crippen LogP contribution in [0.2, 0.25) is 0 Å². The summed E-state index contributed by atoms with van der Waals surface area (Å²) in [6.07, 6.45) is 3.53. The third kappa shape index (κ3) is 3.91. The normalized spacial score (nSPS) is 10.8. The fourth-order valence-corrected chi connectivity index (χ4v) is 3.03. The number of aryl methyl sites for hydroxylation is 1. The molecule has 0 bridgehead atoms. The monoisotopic (exact) mass is 357 g/mol. The number of hydrogen-bond acceptors (Lipinski definition) is 4. The number of aliphatic carboxylic acids is 1. The summed E-state index contributed by atoms with van der Waals surface area (Å²) in [6.45, 7) is 1.88. The number of carboxylic acid groups (broad SMARTS) is 1. The number of thioether (sulfide) groups is 1. The molecule has 0 saturated carbocycles. The first-order valence-electron chi connectivity index (χ1n) is 7.59. The van der Waals surface area contributed by atoms with E-state index in [1.807, 2.05) is 19.2 Å². The highest BCUT2D eigenvalue weighted by atomic mass is 32.2. The number of carboxylic acids is 1. The minimum absolute atomic E-state index is 0.137. The summed E-state index contributed by atoms with van der Waals surface area (Å²) in [5.74, 6) is -0.520. The van der Waals surface area contributed by atoms with Crippen LogP contribution in [0.15, 0.2) is 47.5 Å². The van der Waals surface area contributed by atoms with Crippen molar-refractivity contribution in [3.05, 3.63) is 59.5 Å². The van der Waals surface area contributed by atoms with Crippen molar-refractivity contribution >= 4 is 28.5 Å². The average molecular weight is 357 g/mol. The maximum Gasteiger partial charge on any atom is 0.307 e. The van der Waals surface area contributed by atoms with Gasteiger partial charge in [-0.1, -0.05) is 12.1 Å². The van der Waals surface area contributed by atoms with Gasteiger partial charge >= 0.3 is 5.97 Å². The molecule has 4 nitrogen and oxygen atoms in total. The summed E-state index contributed by atoms with van der Waals surface area (Å²) in [5, 5.41) is 10.3. The maximum atomic E-state index is 13.7. The number of nitrogens with zero attached hydrogens (tertiary/aromatic N) is 1. The van der Waals surface area contributed by atoms with Crippen LogP contribution in [0.4, 0.5) is 4.39 Å². The standard InChI is InChI=1S/C19H16FNO3S/c1-11-5-15(25-2)10-21-19(11)24-17-7-12(8-18(22)23)6-13-3-4-14(20)9-16(13)17/h3-7,9-10H,8H2,1-2H3,(H,22,23). The molecule has 2 aromatic carbocycles. The van der Waals surface area contributed by atoms with Crippen molar-refractivity contribution < 1.29 is 19.0 Å². The predicted octanol–water partition coefficient (Wildman–Crippen LogP) is 4.82. The first-order chi connectivity index (χ1) is 12.0. The SMILES string of the molecule is CSc1cnc(Oc2cc(CC(=O)O)cc3ccc(F)cc23)c(C)c1. The topological polar surface area (TPSA) is 59.4 Å². The van der Waals surface area contributed by atoms with E-state index in [0.29, 0.717) is 28.0 Å². The Morgan fingerprint density at radius 2 is 2.08 bits per heavy atom. The lowest BCUT2D eigenvalue weighted by Gasteiger charge is -2.13. The van der Waals surface area contributed by atoms with E-state index in [-0.39, 0.29) is 12.2 Å². The molecule has 1 aromatic heterocycles. The van der Waals surface area contributed by atoms with Crippen LogP contribution in [0, 0.1) is 12.7 Å². The zero-order chi connectivity index (χ0) is 18.0. The van der Waals surface area contributed by atoms with Crippen LogP contribution < -0.4 is 4.74 Å². The summed E-state index contributed by atoms with van der Waals surface area (Å²) in [5.41, 5.74) is 1.43. The van der Waals surface area contributed by atoms with Gasteiger partial charge in [0.1, 0.15) is 11.6 Å². The molecule has 6 heteroatoms. The van der Waals surface area contributed by atoms with Crippen LogP contribution in [0.3, 0.4) is 0 Å². The van der Waals surface area contributed by atoms with E-state index in [4.69, 9.17) is 9.84 Å². The average Bonchev–Trinajstić information content (AvgIpc) is 2.56. The third-order valence-electron chi connectivity index (χ3n) is 3.74. The van der Waals surface area contributed by atoms with Crippen molar-refractivity contribution in [3.63, 3.8) is 0 Å². The van der Waals surface area contributed by atoms with Crippen molar-refractivity contribution in [3.8, 4) is 11.6 Å². The molecule has 0 saturated heterocycles. The minimum Gasteiger partial charge on any atom is -0.481 e. The van der Waals surface area contributed by atoms with Crippen LogP contribution in [0.5, 0.6) is 11.6 Å². The van der Waals surface area contributed by atoms with Gasteiger partial charge in [0.2, 0.25) is 5.88 Å². The van der Waals surface area contributed by atoms with Crippen LogP contribution in [-0.2, 0) is 11.2 Å². The van der Waals surface area contributed by atoms with Crippen LogP contribution in [-0.4, -0.2) is 22.3 Å². The summed E-state index contributed by atoms with van der Waals surface area (Å²) in [6, 6.07) is 9.64. The molecule has 1 heterocycles. The molecule has 25 heavy (non-hydrogen) atoms. The van der Waals surface area contributed by atoms with E-state index in [0.717, 1.165) is 10.5 Å². The highest BCUT2D eigenvalue weighted by molar-refractivity contribution is 7.98. The molecule has 0 fully saturated rings. The minimum atomic E-state index is -0.939. The van der Waals surface area contributed by atoms with Gasteiger partial charge in [-0.05, 0) is 48.4 Å². The number of pyridine rings is 1. The summed E-state index contributed by atoms with van der Waals surface area (Å²) in [7, 11) is 0. The van der Waals surface area contributed by atoms with Gasteiger partial charge < -0.3 is 9.84 Å². The molecule has 1 N–H and O–H groups in total. The smallest absolute Gasteiger partial charge is 0.307 e. The molecule has 0 unspecified atom stereocenters. The fourth-order valence-electron chi connectivity index (χ4n) is 2.58. The van der Waals surface area contributed by atoms with Crippen molar-refractivity contribution in [1.29, 1.82) is 0 Å². The Labute approximate surface area is 148 Å². The number of hydrogen-bond donors (Lipinski definition) is 1. The van der Waals surface area contributed by atoms with Crippen LogP contribution in [0.1, 0.15) is 11.1 Å². The zero-order valence-electron chi connectivity index (χ0n) is 13.7. The number of ether oxygens (including phenoxy) is 1. The summed E-state index contributed by atoms with van der Waals surface area (Å²) < 4.78 is 19.6. The molecular weight excluding hydrogens is 341 g/mol. The van der Waals surface area contributed by atoms with Gasteiger partial charge in [-0.15, -0.1) is 11.8 Å². The van der Waals surface area contributed by atoms with Crippen molar-refractivity contribution in [2.45, 2.75) is 18.2 Å². The Kier molecular flexibility index (Phi) is 4.90. The largest absolute Gasteiger partial charge is 0.481 e. The molecule has 0 spiro atoms. The number of aromatic nitrogens is 1. The second-order valence-corrected chi connectivity index (χ2v) is 6.51. The maximum absolute atomic E-state index is 13.7. The van der Waals surface area contributed by atoms with E-state index in [1.165, 1.54) is 12.1 Å². The number of rotatable bonds is 5. The lowest BCUT2D eigenvalue weighted by Crippen LogP contribution is -2.01. The highest BCUT2D eigenvalue weighted by Crippen LogP contribution is 2.33. The number of halogens is 1. The second kappa shape index (κ2) is 7.11. The Bertz CT molecular complexity index is 959. The first-order valence-corrected chi connectivity index (χ1v) is 8.81. The van der Waals surface area contributed by atoms with Gasteiger partial charge in [0, 0.05) is 22.0 Å². The number of fused-ring (bicyclic) bond motifs is 1. The molecule has 0 radical (unpaired) electrons. The van der Waals surface area contributed by atoms with E-state index in [1.54, 1.807) is 36.2 Å². The first kappa shape index (κ1) is 17.2.